The van der Waals surface area contributed by atoms with Crippen LogP contribution in [0.4, 0.5) is 0 Å². The topological polar surface area (TPSA) is 74.9 Å². The van der Waals surface area contributed by atoms with E-state index in [-0.39, 0.29) is 19.0 Å². The van der Waals surface area contributed by atoms with Crippen molar-refractivity contribution in [3.63, 3.8) is 0 Å². The van der Waals surface area contributed by atoms with Crippen LogP contribution in [-0.2, 0) is 11.3 Å². The van der Waals surface area contributed by atoms with E-state index in [1.807, 2.05) is 30.3 Å². The minimum Gasteiger partial charge on any atom is -0.341 e. The van der Waals surface area contributed by atoms with Crippen LogP contribution in [0.1, 0.15) is 10.4 Å². The number of aldehydes is 1. The van der Waals surface area contributed by atoms with Gasteiger partial charge >= 0.3 is 0 Å². The van der Waals surface area contributed by atoms with E-state index >= 15 is 0 Å². The number of amides is 1. The molecule has 0 saturated carbocycles. The monoisotopic (exact) mass is 241 g/mol. The van der Waals surface area contributed by atoms with Gasteiger partial charge in [-0.3, -0.25) is 9.59 Å². The van der Waals surface area contributed by atoms with Crippen LogP contribution in [-0.4, -0.2) is 23.3 Å². The van der Waals surface area contributed by atoms with Gasteiger partial charge in [0.1, 0.15) is 13.1 Å². The molecule has 2 aromatic rings. The molecule has 0 aliphatic heterocycles. The zero-order valence-electron chi connectivity index (χ0n) is 9.59. The summed E-state index contributed by atoms with van der Waals surface area (Å²) in [6.07, 6.45) is 2.41. The van der Waals surface area contributed by atoms with E-state index in [1.165, 1.54) is 0 Å². The highest BCUT2D eigenvalue weighted by Crippen LogP contribution is 2.19. The van der Waals surface area contributed by atoms with Crippen LogP contribution >= 0.6 is 0 Å². The van der Waals surface area contributed by atoms with Gasteiger partial charge in [0.15, 0.2) is 6.29 Å². The van der Waals surface area contributed by atoms with Crippen LogP contribution < -0.4 is 5.32 Å². The molecule has 1 amide bonds. The summed E-state index contributed by atoms with van der Waals surface area (Å²) in [5.74, 6) is -0.255. The quantitative estimate of drug-likeness (QED) is 0.643. The summed E-state index contributed by atoms with van der Waals surface area (Å²) in [6, 6.07) is 9.21. The average molecular weight is 241 g/mol. The molecular weight excluding hydrogens is 230 g/mol. The van der Waals surface area contributed by atoms with E-state index in [9.17, 15) is 9.59 Å². The molecule has 1 aromatic carbocycles. The Bertz CT molecular complexity index is 637. The van der Waals surface area contributed by atoms with E-state index in [4.69, 9.17) is 5.26 Å². The van der Waals surface area contributed by atoms with Crippen molar-refractivity contribution in [3.05, 3.63) is 36.0 Å². The minimum absolute atomic E-state index is 0.0153. The number of benzene rings is 1. The Hall–Kier alpha value is -2.61. The lowest BCUT2D eigenvalue weighted by Crippen LogP contribution is -2.27. The molecule has 0 saturated heterocycles. The molecule has 1 heterocycles. The Kier molecular flexibility index (Phi) is 3.39. The molecule has 5 heteroatoms. The number of hydrogen-bond donors (Lipinski definition) is 1. The number of fused-ring (bicyclic) bond motifs is 1. The second-order valence-corrected chi connectivity index (χ2v) is 3.78. The van der Waals surface area contributed by atoms with Crippen LogP contribution in [0, 0.1) is 11.3 Å². The molecule has 1 N–H and O–H groups in total. The van der Waals surface area contributed by atoms with Crippen molar-refractivity contribution in [2.24, 2.45) is 0 Å². The van der Waals surface area contributed by atoms with Gasteiger partial charge in [-0.1, -0.05) is 18.2 Å². The molecule has 0 bridgehead atoms. The lowest BCUT2D eigenvalue weighted by molar-refractivity contribution is -0.121. The molecule has 0 unspecified atom stereocenters. The number of nitriles is 1. The van der Waals surface area contributed by atoms with Crippen molar-refractivity contribution in [2.75, 3.05) is 6.54 Å². The van der Waals surface area contributed by atoms with E-state index in [0.717, 1.165) is 17.2 Å². The first kappa shape index (κ1) is 11.9. The third-order valence-electron chi connectivity index (χ3n) is 2.62. The van der Waals surface area contributed by atoms with Gasteiger partial charge in [-0.05, 0) is 6.07 Å². The first-order chi connectivity index (χ1) is 8.76. The van der Waals surface area contributed by atoms with Gasteiger partial charge in [0.05, 0.1) is 6.07 Å². The molecule has 2 rings (SSSR count). The summed E-state index contributed by atoms with van der Waals surface area (Å²) in [6.45, 7) is 0.0780. The van der Waals surface area contributed by atoms with Gasteiger partial charge in [-0.2, -0.15) is 5.26 Å². The Labute approximate surface area is 104 Å². The second-order valence-electron chi connectivity index (χ2n) is 3.78. The van der Waals surface area contributed by atoms with Crippen LogP contribution in [0.15, 0.2) is 30.5 Å². The second kappa shape index (κ2) is 5.15. The fraction of sp³-hybridized carbons (Fsp3) is 0.154. The predicted octanol–water partition coefficient (Wildman–Crippen LogP) is 1.09. The first-order valence-corrected chi connectivity index (χ1v) is 5.43. The molecule has 1 aromatic heterocycles. The van der Waals surface area contributed by atoms with Crippen LogP contribution in [0.3, 0.4) is 0 Å². The maximum absolute atomic E-state index is 11.5. The van der Waals surface area contributed by atoms with Crippen molar-refractivity contribution in [3.8, 4) is 6.07 Å². The predicted molar refractivity (Wildman–Crippen MR) is 65.9 cm³/mol. The van der Waals surface area contributed by atoms with Gasteiger partial charge in [-0.25, -0.2) is 0 Å². The lowest BCUT2D eigenvalue weighted by atomic mass is 10.2. The lowest BCUT2D eigenvalue weighted by Gasteiger charge is -2.04. The summed E-state index contributed by atoms with van der Waals surface area (Å²) in [5.41, 5.74) is 1.38. The molecule has 0 fully saturated rings. The van der Waals surface area contributed by atoms with Gasteiger partial charge < -0.3 is 9.88 Å². The first-order valence-electron chi connectivity index (χ1n) is 5.43. The van der Waals surface area contributed by atoms with Gasteiger partial charge in [0, 0.05) is 22.7 Å². The molecule has 0 aliphatic rings. The van der Waals surface area contributed by atoms with Crippen molar-refractivity contribution in [2.45, 2.75) is 6.54 Å². The number of carbonyl (C=O) groups excluding carboxylic acids is 2. The van der Waals surface area contributed by atoms with E-state index < -0.39 is 0 Å². The zero-order valence-corrected chi connectivity index (χ0v) is 9.59. The number of carbonyl (C=O) groups is 2. The van der Waals surface area contributed by atoms with Crippen LogP contribution in [0.2, 0.25) is 0 Å². The van der Waals surface area contributed by atoms with Crippen molar-refractivity contribution in [1.29, 1.82) is 5.26 Å². The number of rotatable bonds is 4. The average Bonchev–Trinajstić information content (AvgIpc) is 2.75. The Morgan fingerprint density at radius 3 is 2.94 bits per heavy atom. The van der Waals surface area contributed by atoms with Crippen molar-refractivity contribution in [1.82, 2.24) is 9.88 Å². The minimum atomic E-state index is -0.255. The summed E-state index contributed by atoms with van der Waals surface area (Å²) >= 11 is 0. The maximum atomic E-state index is 11.5. The maximum Gasteiger partial charge on any atom is 0.240 e. The van der Waals surface area contributed by atoms with E-state index in [1.54, 1.807) is 10.8 Å². The van der Waals surface area contributed by atoms with Crippen molar-refractivity contribution < 1.29 is 9.59 Å². The number of nitrogens with one attached hydrogen (secondary N) is 1. The number of nitrogens with zero attached hydrogens (tertiary/aromatic N) is 2. The molecule has 0 spiro atoms. The number of aromatic nitrogens is 1. The Morgan fingerprint density at radius 2 is 2.22 bits per heavy atom. The highest BCUT2D eigenvalue weighted by atomic mass is 16.2. The Morgan fingerprint density at radius 1 is 1.44 bits per heavy atom. The largest absolute Gasteiger partial charge is 0.341 e. The van der Waals surface area contributed by atoms with E-state index in [2.05, 4.69) is 5.32 Å². The standard InChI is InChI=1S/C13H11N3O2/c14-5-6-15-13(18)8-16-7-10(9-17)11-3-1-2-4-12(11)16/h1-4,7,9H,6,8H2,(H,15,18). The SMILES string of the molecule is N#CCNC(=O)Cn1cc(C=O)c2ccccc21. The van der Waals surface area contributed by atoms with Gasteiger partial charge in [0.2, 0.25) is 5.91 Å². The number of hydrogen-bond acceptors (Lipinski definition) is 3. The molecule has 90 valence electrons. The molecule has 0 atom stereocenters. The molecule has 18 heavy (non-hydrogen) atoms. The summed E-state index contributed by atoms with van der Waals surface area (Å²) in [5, 5.41) is 11.7. The number of para-hydroxylation sites is 1. The van der Waals surface area contributed by atoms with Crippen LogP contribution in [0.25, 0.3) is 10.9 Å². The van der Waals surface area contributed by atoms with E-state index in [0.29, 0.717) is 5.56 Å². The molecule has 0 aliphatic carbocycles. The van der Waals surface area contributed by atoms with Gasteiger partial charge in [0.25, 0.3) is 0 Å². The third kappa shape index (κ3) is 2.23. The summed E-state index contributed by atoms with van der Waals surface area (Å²) in [7, 11) is 0. The Balaban J connectivity index is 2.31. The molecule has 0 radical (unpaired) electrons. The fourth-order valence-electron chi connectivity index (χ4n) is 1.85. The van der Waals surface area contributed by atoms with Crippen LogP contribution in [0.5, 0.6) is 0 Å². The molecule has 5 nitrogen and oxygen atoms in total. The van der Waals surface area contributed by atoms with Gasteiger partial charge in [-0.15, -0.1) is 0 Å². The third-order valence-corrected chi connectivity index (χ3v) is 2.62. The summed E-state index contributed by atoms with van der Waals surface area (Å²) < 4.78 is 1.70. The normalized spacial score (nSPS) is 9.94. The summed E-state index contributed by atoms with van der Waals surface area (Å²) in [4.78, 5) is 22.5. The zero-order chi connectivity index (χ0) is 13.0. The smallest absolute Gasteiger partial charge is 0.240 e. The highest BCUT2D eigenvalue weighted by molar-refractivity contribution is 5.98. The van der Waals surface area contributed by atoms with Crippen molar-refractivity contribution >= 4 is 23.1 Å². The molecular formula is C13H11N3O2. The highest BCUT2D eigenvalue weighted by Gasteiger charge is 2.09. The fourth-order valence-corrected chi connectivity index (χ4v) is 1.85.